The molecule has 0 amide bonds. The van der Waals surface area contributed by atoms with Gasteiger partial charge in [-0.05, 0) is 50.3 Å². The summed E-state index contributed by atoms with van der Waals surface area (Å²) in [6.45, 7) is 10.8. The molecule has 120 valence electrons. The summed E-state index contributed by atoms with van der Waals surface area (Å²) in [5.74, 6) is 1.58. The van der Waals surface area contributed by atoms with Crippen LogP contribution in [0.15, 0.2) is 24.3 Å². The van der Waals surface area contributed by atoms with Gasteiger partial charge in [0.2, 0.25) is 0 Å². The van der Waals surface area contributed by atoms with Gasteiger partial charge in [-0.1, -0.05) is 32.0 Å². The SMILES string of the molecule is CCOCCCCNCCOc1ccccc1C(C)CC. The van der Waals surface area contributed by atoms with Crippen LogP contribution < -0.4 is 10.1 Å². The maximum Gasteiger partial charge on any atom is 0.122 e. The number of unbranched alkanes of at least 4 members (excludes halogenated alkanes) is 1. The van der Waals surface area contributed by atoms with E-state index in [-0.39, 0.29) is 0 Å². The second-order valence-corrected chi connectivity index (χ2v) is 5.35. The minimum atomic E-state index is 0.549. The average Bonchev–Trinajstić information content (AvgIpc) is 2.53. The van der Waals surface area contributed by atoms with Gasteiger partial charge >= 0.3 is 0 Å². The van der Waals surface area contributed by atoms with Crippen LogP contribution in [0.5, 0.6) is 5.75 Å². The summed E-state index contributed by atoms with van der Waals surface area (Å²) in [5, 5.41) is 3.41. The van der Waals surface area contributed by atoms with Gasteiger partial charge < -0.3 is 14.8 Å². The maximum atomic E-state index is 5.92. The van der Waals surface area contributed by atoms with E-state index < -0.39 is 0 Å². The van der Waals surface area contributed by atoms with E-state index in [0.717, 1.165) is 57.9 Å². The van der Waals surface area contributed by atoms with Crippen LogP contribution in [0.3, 0.4) is 0 Å². The summed E-state index contributed by atoms with van der Waals surface area (Å²) in [6, 6.07) is 8.38. The molecule has 0 bridgehead atoms. The third kappa shape index (κ3) is 7.49. The zero-order valence-electron chi connectivity index (χ0n) is 13.9. The van der Waals surface area contributed by atoms with Gasteiger partial charge in [0.1, 0.15) is 12.4 Å². The molecule has 3 nitrogen and oxygen atoms in total. The molecule has 1 aromatic rings. The van der Waals surface area contributed by atoms with E-state index in [1.54, 1.807) is 0 Å². The van der Waals surface area contributed by atoms with Gasteiger partial charge in [0.25, 0.3) is 0 Å². The predicted octanol–water partition coefficient (Wildman–Crippen LogP) is 3.99. The van der Waals surface area contributed by atoms with E-state index in [2.05, 4.69) is 37.4 Å². The van der Waals surface area contributed by atoms with E-state index >= 15 is 0 Å². The normalized spacial score (nSPS) is 12.3. The van der Waals surface area contributed by atoms with Crippen molar-refractivity contribution in [3.8, 4) is 5.75 Å². The lowest BCUT2D eigenvalue weighted by molar-refractivity contribution is 0.143. The smallest absolute Gasteiger partial charge is 0.122 e. The number of hydrogen-bond acceptors (Lipinski definition) is 3. The Morgan fingerprint density at radius 1 is 1.05 bits per heavy atom. The summed E-state index contributed by atoms with van der Waals surface area (Å²) in [7, 11) is 0. The van der Waals surface area contributed by atoms with Crippen LogP contribution in [0.2, 0.25) is 0 Å². The fraction of sp³-hybridized carbons (Fsp3) is 0.667. The van der Waals surface area contributed by atoms with Crippen molar-refractivity contribution in [1.29, 1.82) is 0 Å². The molecule has 0 aliphatic rings. The molecule has 1 N–H and O–H groups in total. The Balaban J connectivity index is 2.15. The fourth-order valence-corrected chi connectivity index (χ4v) is 2.20. The lowest BCUT2D eigenvalue weighted by Gasteiger charge is -2.15. The zero-order valence-corrected chi connectivity index (χ0v) is 13.9. The summed E-state index contributed by atoms with van der Waals surface area (Å²) >= 11 is 0. The van der Waals surface area contributed by atoms with Gasteiger partial charge in [0.15, 0.2) is 0 Å². The lowest BCUT2D eigenvalue weighted by Crippen LogP contribution is -2.22. The fourth-order valence-electron chi connectivity index (χ4n) is 2.20. The molecular formula is C18H31NO2. The molecule has 0 spiro atoms. The third-order valence-electron chi connectivity index (χ3n) is 3.70. The Morgan fingerprint density at radius 2 is 1.86 bits per heavy atom. The van der Waals surface area contributed by atoms with Crippen molar-refractivity contribution in [2.24, 2.45) is 0 Å². The molecule has 0 heterocycles. The van der Waals surface area contributed by atoms with Crippen LogP contribution in [0.25, 0.3) is 0 Å². The summed E-state index contributed by atoms with van der Waals surface area (Å²) in [5.41, 5.74) is 1.32. The van der Waals surface area contributed by atoms with Crippen LogP contribution in [0.1, 0.15) is 51.5 Å². The Bertz CT molecular complexity index is 368. The number of para-hydroxylation sites is 1. The minimum Gasteiger partial charge on any atom is -0.492 e. The number of benzene rings is 1. The topological polar surface area (TPSA) is 30.5 Å². The van der Waals surface area contributed by atoms with Crippen LogP contribution >= 0.6 is 0 Å². The molecule has 0 aromatic heterocycles. The molecular weight excluding hydrogens is 262 g/mol. The van der Waals surface area contributed by atoms with Gasteiger partial charge in [-0.3, -0.25) is 0 Å². The van der Waals surface area contributed by atoms with Crippen LogP contribution in [0.4, 0.5) is 0 Å². The van der Waals surface area contributed by atoms with Crippen LogP contribution in [-0.2, 0) is 4.74 Å². The van der Waals surface area contributed by atoms with Crippen LogP contribution in [0, 0.1) is 0 Å². The lowest BCUT2D eigenvalue weighted by atomic mass is 9.98. The summed E-state index contributed by atoms with van der Waals surface area (Å²) in [6.07, 6.45) is 3.42. The quantitative estimate of drug-likeness (QED) is 0.591. The minimum absolute atomic E-state index is 0.549. The predicted molar refractivity (Wildman–Crippen MR) is 89.2 cm³/mol. The molecule has 3 heteroatoms. The van der Waals surface area contributed by atoms with Gasteiger partial charge in [-0.15, -0.1) is 0 Å². The first-order chi connectivity index (χ1) is 10.3. The average molecular weight is 293 g/mol. The molecule has 0 aliphatic heterocycles. The number of ether oxygens (including phenoxy) is 2. The molecule has 1 atom stereocenters. The molecule has 21 heavy (non-hydrogen) atoms. The highest BCUT2D eigenvalue weighted by molar-refractivity contribution is 5.35. The van der Waals surface area contributed by atoms with Gasteiger partial charge in [-0.2, -0.15) is 0 Å². The van der Waals surface area contributed by atoms with Crippen LogP contribution in [-0.4, -0.2) is 32.9 Å². The van der Waals surface area contributed by atoms with E-state index in [1.165, 1.54) is 5.56 Å². The van der Waals surface area contributed by atoms with Crippen molar-refractivity contribution in [3.05, 3.63) is 29.8 Å². The van der Waals surface area contributed by atoms with Gasteiger partial charge in [0.05, 0.1) is 0 Å². The summed E-state index contributed by atoms with van der Waals surface area (Å²) < 4.78 is 11.2. The molecule has 0 aliphatic carbocycles. The molecule has 1 unspecified atom stereocenters. The first-order valence-electron chi connectivity index (χ1n) is 8.29. The Labute approximate surface area is 130 Å². The highest BCUT2D eigenvalue weighted by Gasteiger charge is 2.08. The molecule has 1 aromatic carbocycles. The Morgan fingerprint density at radius 3 is 2.62 bits per heavy atom. The van der Waals surface area contributed by atoms with Crippen molar-refractivity contribution in [1.82, 2.24) is 5.32 Å². The number of hydrogen-bond donors (Lipinski definition) is 1. The highest BCUT2D eigenvalue weighted by atomic mass is 16.5. The Hall–Kier alpha value is -1.06. The monoisotopic (exact) mass is 293 g/mol. The van der Waals surface area contributed by atoms with E-state index in [1.807, 2.05) is 13.0 Å². The maximum absolute atomic E-state index is 5.92. The third-order valence-corrected chi connectivity index (χ3v) is 3.70. The van der Waals surface area contributed by atoms with Crippen molar-refractivity contribution in [2.45, 2.75) is 46.0 Å². The summed E-state index contributed by atoms with van der Waals surface area (Å²) in [4.78, 5) is 0. The second-order valence-electron chi connectivity index (χ2n) is 5.35. The Kier molecular flexibility index (Phi) is 9.92. The first kappa shape index (κ1) is 18.0. The van der Waals surface area contributed by atoms with E-state index in [9.17, 15) is 0 Å². The number of nitrogens with one attached hydrogen (secondary N) is 1. The molecule has 0 saturated heterocycles. The van der Waals surface area contributed by atoms with Crippen molar-refractivity contribution in [3.63, 3.8) is 0 Å². The molecule has 1 rings (SSSR count). The standard InChI is InChI=1S/C18H31NO2/c1-4-16(3)17-10-6-7-11-18(17)21-15-13-19-12-8-9-14-20-5-2/h6-7,10-11,16,19H,4-5,8-9,12-15H2,1-3H3. The zero-order chi connectivity index (χ0) is 15.3. The van der Waals surface area contributed by atoms with Gasteiger partial charge in [0, 0.05) is 19.8 Å². The van der Waals surface area contributed by atoms with E-state index in [0.29, 0.717) is 5.92 Å². The van der Waals surface area contributed by atoms with E-state index in [4.69, 9.17) is 9.47 Å². The first-order valence-corrected chi connectivity index (χ1v) is 8.29. The van der Waals surface area contributed by atoms with Crippen molar-refractivity contribution < 1.29 is 9.47 Å². The highest BCUT2D eigenvalue weighted by Crippen LogP contribution is 2.28. The molecule has 0 radical (unpaired) electrons. The second kappa shape index (κ2) is 11.6. The number of rotatable bonds is 12. The molecule has 0 saturated carbocycles. The molecule has 0 fully saturated rings. The van der Waals surface area contributed by atoms with Crippen molar-refractivity contribution >= 4 is 0 Å². The van der Waals surface area contributed by atoms with Crippen molar-refractivity contribution in [2.75, 3.05) is 32.9 Å². The van der Waals surface area contributed by atoms with Gasteiger partial charge in [-0.25, -0.2) is 0 Å². The largest absolute Gasteiger partial charge is 0.492 e.